The molecule has 0 radical (unpaired) electrons. The summed E-state index contributed by atoms with van der Waals surface area (Å²) >= 11 is 0. The van der Waals surface area contributed by atoms with Gasteiger partial charge in [0.2, 0.25) is 0 Å². The summed E-state index contributed by atoms with van der Waals surface area (Å²) in [5, 5.41) is 10.8. The van der Waals surface area contributed by atoms with Gasteiger partial charge in [-0.25, -0.2) is 9.67 Å². The quantitative estimate of drug-likeness (QED) is 0.277. The molecule has 2 aromatic carbocycles. The van der Waals surface area contributed by atoms with E-state index in [0.29, 0.717) is 5.56 Å². The van der Waals surface area contributed by atoms with Crippen LogP contribution in [-0.4, -0.2) is 40.3 Å². The number of hydrogen-bond acceptors (Lipinski definition) is 6. The number of methoxy groups -OCH3 is 1. The van der Waals surface area contributed by atoms with Crippen molar-refractivity contribution in [2.45, 2.75) is 32.2 Å². The second-order valence-electron chi connectivity index (χ2n) is 8.63. The number of pyridine rings is 1. The molecule has 0 saturated carbocycles. The van der Waals surface area contributed by atoms with Gasteiger partial charge in [0.25, 0.3) is 5.91 Å². The van der Waals surface area contributed by atoms with Crippen molar-refractivity contribution in [1.29, 1.82) is 0 Å². The number of hydrogen-bond donors (Lipinski definition) is 2. The van der Waals surface area contributed by atoms with Crippen LogP contribution in [0.2, 0.25) is 0 Å². The van der Waals surface area contributed by atoms with Crippen molar-refractivity contribution in [2.24, 2.45) is 0 Å². The molecule has 8 nitrogen and oxygen atoms in total. The number of ether oxygens (including phenoxy) is 1. The summed E-state index contributed by atoms with van der Waals surface area (Å²) in [6, 6.07) is 21.7. The average molecular weight is 498 g/mol. The van der Waals surface area contributed by atoms with Gasteiger partial charge in [-0.15, -0.1) is 0 Å². The first-order chi connectivity index (χ1) is 18.1. The van der Waals surface area contributed by atoms with Crippen LogP contribution in [0, 0.1) is 0 Å². The summed E-state index contributed by atoms with van der Waals surface area (Å²) in [7, 11) is 1.33. The lowest BCUT2D eigenvalue weighted by Gasteiger charge is -2.20. The number of carbonyl (C=O) groups excluding carboxylic acids is 2. The third-order valence-electron chi connectivity index (χ3n) is 6.01. The van der Waals surface area contributed by atoms with Gasteiger partial charge in [-0.05, 0) is 41.8 Å². The Bertz CT molecular complexity index is 1300. The molecule has 1 unspecified atom stereocenters. The minimum absolute atomic E-state index is 0.0727. The molecule has 0 aliphatic rings. The molecule has 8 heteroatoms. The maximum absolute atomic E-state index is 12.3. The van der Waals surface area contributed by atoms with Gasteiger partial charge in [0, 0.05) is 23.9 Å². The second-order valence-corrected chi connectivity index (χ2v) is 8.63. The molecule has 4 aromatic rings. The Morgan fingerprint density at radius 1 is 0.973 bits per heavy atom. The highest BCUT2D eigenvalue weighted by molar-refractivity contribution is 5.94. The fraction of sp³-hybridized carbons (Fsp3) is 0.241. The Balaban J connectivity index is 1.39. The summed E-state index contributed by atoms with van der Waals surface area (Å²) in [4.78, 5) is 28.2. The van der Waals surface area contributed by atoms with Crippen molar-refractivity contribution in [3.05, 3.63) is 96.4 Å². The Hall–Kier alpha value is -4.46. The van der Waals surface area contributed by atoms with E-state index in [2.05, 4.69) is 44.5 Å². The number of nitrogens with zero attached hydrogens (tertiary/aromatic N) is 3. The number of carbonyl (C=O) groups is 2. The van der Waals surface area contributed by atoms with E-state index in [1.165, 1.54) is 7.11 Å². The fourth-order valence-electron chi connectivity index (χ4n) is 4.00. The van der Waals surface area contributed by atoms with E-state index >= 15 is 0 Å². The van der Waals surface area contributed by atoms with Gasteiger partial charge in [0.05, 0.1) is 37.7 Å². The minimum Gasteiger partial charge on any atom is -0.469 e. The van der Waals surface area contributed by atoms with E-state index in [4.69, 9.17) is 0 Å². The van der Waals surface area contributed by atoms with Gasteiger partial charge in [0.1, 0.15) is 0 Å². The van der Waals surface area contributed by atoms with Crippen LogP contribution in [-0.2, 0) is 9.53 Å². The number of benzene rings is 2. The number of nitrogens with one attached hydrogen (secondary N) is 2. The molecule has 0 spiro atoms. The minimum atomic E-state index is -0.354. The molecular formula is C29H31N5O3. The molecule has 0 aliphatic heterocycles. The zero-order valence-corrected chi connectivity index (χ0v) is 21.1. The molecule has 4 rings (SSSR count). The van der Waals surface area contributed by atoms with E-state index in [0.717, 1.165) is 41.0 Å². The van der Waals surface area contributed by atoms with Crippen molar-refractivity contribution in [1.82, 2.24) is 20.1 Å². The molecule has 0 saturated heterocycles. The number of anilines is 1. The third kappa shape index (κ3) is 6.82. The van der Waals surface area contributed by atoms with Crippen LogP contribution in [0.15, 0.2) is 85.3 Å². The van der Waals surface area contributed by atoms with Gasteiger partial charge in [-0.1, -0.05) is 55.8 Å². The summed E-state index contributed by atoms with van der Waals surface area (Å²) in [6.07, 6.45) is 7.68. The first kappa shape index (κ1) is 25.6. The van der Waals surface area contributed by atoms with Crippen LogP contribution in [0.3, 0.4) is 0 Å². The topological polar surface area (TPSA) is 98.1 Å². The maximum Gasteiger partial charge on any atom is 0.307 e. The van der Waals surface area contributed by atoms with Gasteiger partial charge in [0.15, 0.2) is 5.82 Å². The first-order valence-corrected chi connectivity index (χ1v) is 12.4. The Morgan fingerprint density at radius 3 is 2.43 bits per heavy atom. The molecule has 2 heterocycles. The molecular weight excluding hydrogens is 466 g/mol. The van der Waals surface area contributed by atoms with Crippen LogP contribution in [0.5, 0.6) is 0 Å². The number of rotatable bonds is 11. The highest BCUT2D eigenvalue weighted by Gasteiger charge is 2.13. The van der Waals surface area contributed by atoms with Gasteiger partial charge in [-0.3, -0.25) is 9.59 Å². The number of amides is 1. The lowest BCUT2D eigenvalue weighted by Crippen LogP contribution is -2.26. The van der Waals surface area contributed by atoms with Crippen molar-refractivity contribution >= 4 is 17.6 Å². The lowest BCUT2D eigenvalue weighted by molar-refractivity contribution is -0.140. The van der Waals surface area contributed by atoms with E-state index in [1.54, 1.807) is 16.8 Å². The molecule has 1 amide bonds. The van der Waals surface area contributed by atoms with Crippen LogP contribution >= 0.6 is 0 Å². The summed E-state index contributed by atoms with van der Waals surface area (Å²) in [5.41, 5.74) is 4.68. The Labute approximate surface area is 216 Å². The maximum atomic E-state index is 12.3. The van der Waals surface area contributed by atoms with Crippen LogP contribution in [0.4, 0.5) is 5.69 Å². The van der Waals surface area contributed by atoms with Gasteiger partial charge < -0.3 is 15.4 Å². The van der Waals surface area contributed by atoms with E-state index in [-0.39, 0.29) is 30.9 Å². The smallest absolute Gasteiger partial charge is 0.307 e. The zero-order chi connectivity index (χ0) is 26.0. The fourth-order valence-corrected chi connectivity index (χ4v) is 4.00. The van der Waals surface area contributed by atoms with Crippen LogP contribution in [0.1, 0.15) is 48.1 Å². The van der Waals surface area contributed by atoms with Crippen LogP contribution < -0.4 is 10.6 Å². The molecule has 0 aliphatic carbocycles. The SMILES string of the molecule is CCCC(Nc1ccc(-n2cc(-c3ccccc3)cn2)nc1)c1ccc(C(=O)NCCC(=O)OC)cc1. The predicted octanol–water partition coefficient (Wildman–Crippen LogP) is 5.18. The van der Waals surface area contributed by atoms with Crippen molar-refractivity contribution < 1.29 is 14.3 Å². The number of esters is 1. The van der Waals surface area contributed by atoms with Crippen molar-refractivity contribution in [3.63, 3.8) is 0 Å². The Kier molecular flexibility index (Phi) is 8.65. The molecule has 190 valence electrons. The molecule has 37 heavy (non-hydrogen) atoms. The summed E-state index contributed by atoms with van der Waals surface area (Å²) in [6.45, 7) is 2.38. The van der Waals surface area contributed by atoms with Gasteiger partial charge in [-0.2, -0.15) is 5.10 Å². The standard InChI is InChI=1S/C29H31N5O3/c1-3-7-26(22-10-12-23(13-11-22)29(36)30-17-16-28(35)37-2)33-25-14-15-27(31-19-25)34-20-24(18-32-34)21-8-5-4-6-9-21/h4-6,8-15,18-20,26,33H,3,7,16-17H2,1-2H3,(H,30,36). The molecule has 0 fully saturated rings. The molecule has 2 N–H and O–H groups in total. The molecule has 0 bridgehead atoms. The molecule has 2 aromatic heterocycles. The average Bonchev–Trinajstić information content (AvgIpc) is 3.44. The number of aromatic nitrogens is 3. The second kappa shape index (κ2) is 12.5. The van der Waals surface area contributed by atoms with E-state index in [9.17, 15) is 9.59 Å². The Morgan fingerprint density at radius 2 is 1.76 bits per heavy atom. The van der Waals surface area contributed by atoms with Crippen molar-refractivity contribution in [3.8, 4) is 16.9 Å². The van der Waals surface area contributed by atoms with E-state index < -0.39 is 0 Å². The molecule has 1 atom stereocenters. The van der Waals surface area contributed by atoms with Crippen LogP contribution in [0.25, 0.3) is 16.9 Å². The highest BCUT2D eigenvalue weighted by Crippen LogP contribution is 2.25. The lowest BCUT2D eigenvalue weighted by atomic mass is 10.0. The summed E-state index contributed by atoms with van der Waals surface area (Å²) < 4.78 is 6.36. The predicted molar refractivity (Wildman–Crippen MR) is 143 cm³/mol. The first-order valence-electron chi connectivity index (χ1n) is 12.4. The van der Waals surface area contributed by atoms with Gasteiger partial charge >= 0.3 is 5.97 Å². The van der Waals surface area contributed by atoms with Crippen molar-refractivity contribution in [2.75, 3.05) is 19.0 Å². The third-order valence-corrected chi connectivity index (χ3v) is 6.01. The highest BCUT2D eigenvalue weighted by atomic mass is 16.5. The monoisotopic (exact) mass is 497 g/mol. The normalized spacial score (nSPS) is 11.5. The van der Waals surface area contributed by atoms with E-state index in [1.807, 2.05) is 61.1 Å². The largest absolute Gasteiger partial charge is 0.469 e. The summed E-state index contributed by atoms with van der Waals surface area (Å²) in [5.74, 6) is 0.167. The zero-order valence-electron chi connectivity index (χ0n) is 21.1.